The monoisotopic (exact) mass is 366 g/mol. The van der Waals surface area contributed by atoms with E-state index >= 15 is 0 Å². The second-order valence-electron chi connectivity index (χ2n) is 6.80. The van der Waals surface area contributed by atoms with E-state index in [2.05, 4.69) is 20.0 Å². The molecule has 2 saturated heterocycles. The minimum absolute atomic E-state index is 0.158. The fraction of sp³-hybridized carbons (Fsp3) is 0.588. The average Bonchev–Trinajstić information content (AvgIpc) is 3.29. The molecule has 0 spiro atoms. The lowest BCUT2D eigenvalue weighted by Gasteiger charge is -2.37. The Morgan fingerprint density at radius 2 is 2.04 bits per heavy atom. The largest absolute Gasteiger partial charge is 0.433 e. The zero-order chi connectivity index (χ0) is 18.3. The number of rotatable bonds is 3. The molecule has 26 heavy (non-hydrogen) atoms. The molecule has 0 saturated carbocycles. The van der Waals surface area contributed by atoms with Crippen LogP contribution in [0.15, 0.2) is 18.5 Å². The van der Waals surface area contributed by atoms with E-state index < -0.39 is 11.9 Å². The molecule has 0 aromatic carbocycles. The van der Waals surface area contributed by atoms with Crippen LogP contribution in [0.2, 0.25) is 0 Å². The molecule has 140 valence electrons. The van der Waals surface area contributed by atoms with Crippen LogP contribution in [-0.2, 0) is 12.7 Å². The van der Waals surface area contributed by atoms with Crippen molar-refractivity contribution in [1.82, 2.24) is 24.6 Å². The number of aryl methyl sites for hydroxylation is 1. The topological polar surface area (TPSA) is 50.1 Å². The molecule has 1 atom stereocenters. The van der Waals surface area contributed by atoms with Crippen LogP contribution in [0, 0.1) is 0 Å². The van der Waals surface area contributed by atoms with Gasteiger partial charge < -0.3 is 4.90 Å². The van der Waals surface area contributed by atoms with Gasteiger partial charge in [0.2, 0.25) is 5.95 Å². The normalized spacial score (nSPS) is 21.2. The Balaban J connectivity index is 1.70. The Labute approximate surface area is 149 Å². The molecule has 2 aliphatic heterocycles. The first-order chi connectivity index (χ1) is 12.4. The van der Waals surface area contributed by atoms with E-state index in [-0.39, 0.29) is 11.6 Å². The van der Waals surface area contributed by atoms with Gasteiger partial charge in [-0.2, -0.15) is 18.3 Å². The molecule has 4 rings (SSSR count). The third-order valence-corrected chi connectivity index (χ3v) is 5.13. The van der Waals surface area contributed by atoms with Crippen LogP contribution in [0.1, 0.15) is 25.5 Å². The molecule has 6 nitrogen and oxygen atoms in total. The summed E-state index contributed by atoms with van der Waals surface area (Å²) in [4.78, 5) is 12.6. The van der Waals surface area contributed by atoms with Gasteiger partial charge >= 0.3 is 6.18 Å². The van der Waals surface area contributed by atoms with Crippen molar-refractivity contribution in [3.05, 3.63) is 24.2 Å². The van der Waals surface area contributed by atoms with Gasteiger partial charge in [0.1, 0.15) is 0 Å². The maximum atomic E-state index is 13.4. The summed E-state index contributed by atoms with van der Waals surface area (Å²) in [5.74, 6) is 0.158. The second-order valence-corrected chi connectivity index (χ2v) is 6.80. The molecule has 2 aliphatic rings. The van der Waals surface area contributed by atoms with E-state index in [1.54, 1.807) is 17.1 Å². The van der Waals surface area contributed by atoms with Crippen molar-refractivity contribution in [2.75, 3.05) is 31.1 Å². The van der Waals surface area contributed by atoms with Crippen LogP contribution in [0.25, 0.3) is 11.3 Å². The second kappa shape index (κ2) is 6.53. The fourth-order valence-electron chi connectivity index (χ4n) is 3.71. The zero-order valence-electron chi connectivity index (χ0n) is 14.6. The van der Waals surface area contributed by atoms with Crippen molar-refractivity contribution in [1.29, 1.82) is 0 Å². The number of piperazine rings is 1. The summed E-state index contributed by atoms with van der Waals surface area (Å²) in [5.41, 5.74) is -0.0769. The van der Waals surface area contributed by atoms with Crippen LogP contribution in [-0.4, -0.2) is 56.9 Å². The van der Waals surface area contributed by atoms with Crippen LogP contribution in [0.5, 0.6) is 0 Å². The Bertz CT molecular complexity index is 787. The molecule has 4 heterocycles. The first-order valence-corrected chi connectivity index (χ1v) is 8.92. The van der Waals surface area contributed by atoms with Gasteiger partial charge in [-0.05, 0) is 32.4 Å². The van der Waals surface area contributed by atoms with E-state index in [0.29, 0.717) is 31.2 Å². The summed E-state index contributed by atoms with van der Waals surface area (Å²) in [6, 6.07) is 1.39. The standard InChI is InChI=1S/C17H21F3N6/c1-2-26-10-12(9-21-26)14-8-15(17(18,19)20)23-16(22-14)25-7-6-24-5-3-4-13(24)11-25/h8-10,13H,2-7,11H2,1H3/t13-/m1/s1. The average molecular weight is 366 g/mol. The van der Waals surface area contributed by atoms with Gasteiger partial charge in [0.05, 0.1) is 11.9 Å². The van der Waals surface area contributed by atoms with Crippen molar-refractivity contribution in [2.45, 2.75) is 38.5 Å². The van der Waals surface area contributed by atoms with E-state index in [1.165, 1.54) is 0 Å². The van der Waals surface area contributed by atoms with Gasteiger partial charge in [-0.3, -0.25) is 9.58 Å². The van der Waals surface area contributed by atoms with Crippen molar-refractivity contribution in [3.8, 4) is 11.3 Å². The van der Waals surface area contributed by atoms with Crippen LogP contribution >= 0.6 is 0 Å². The predicted molar refractivity (Wildman–Crippen MR) is 90.7 cm³/mol. The lowest BCUT2D eigenvalue weighted by molar-refractivity contribution is -0.141. The summed E-state index contributed by atoms with van der Waals surface area (Å²) in [6.45, 7) is 5.80. The Hall–Kier alpha value is -2.16. The van der Waals surface area contributed by atoms with Gasteiger partial charge in [-0.1, -0.05) is 0 Å². The molecule has 0 bridgehead atoms. The maximum Gasteiger partial charge on any atom is 0.433 e. The summed E-state index contributed by atoms with van der Waals surface area (Å²) >= 11 is 0. The number of nitrogens with zero attached hydrogens (tertiary/aromatic N) is 6. The van der Waals surface area contributed by atoms with Crippen LogP contribution < -0.4 is 4.90 Å². The minimum Gasteiger partial charge on any atom is -0.338 e. The number of anilines is 1. The highest BCUT2D eigenvalue weighted by Gasteiger charge is 2.36. The minimum atomic E-state index is -4.51. The van der Waals surface area contributed by atoms with Crippen LogP contribution in [0.4, 0.5) is 19.1 Å². The predicted octanol–water partition coefficient (Wildman–Crippen LogP) is 2.66. The van der Waals surface area contributed by atoms with Crippen molar-refractivity contribution < 1.29 is 13.2 Å². The first-order valence-electron chi connectivity index (χ1n) is 8.92. The number of hydrogen-bond donors (Lipinski definition) is 0. The van der Waals surface area contributed by atoms with Crippen molar-refractivity contribution >= 4 is 5.95 Å². The molecule has 0 aliphatic carbocycles. The third-order valence-electron chi connectivity index (χ3n) is 5.13. The summed E-state index contributed by atoms with van der Waals surface area (Å²) in [5, 5.41) is 4.14. The van der Waals surface area contributed by atoms with Crippen molar-refractivity contribution in [3.63, 3.8) is 0 Å². The lowest BCUT2D eigenvalue weighted by atomic mass is 10.1. The third kappa shape index (κ3) is 3.27. The molecule has 0 N–H and O–H groups in total. The molecule has 2 fully saturated rings. The molecule has 9 heteroatoms. The highest BCUT2D eigenvalue weighted by atomic mass is 19.4. The summed E-state index contributed by atoms with van der Waals surface area (Å²) < 4.78 is 41.8. The summed E-state index contributed by atoms with van der Waals surface area (Å²) in [6.07, 6.45) is 0.962. The maximum absolute atomic E-state index is 13.4. The summed E-state index contributed by atoms with van der Waals surface area (Å²) in [7, 11) is 0. The number of hydrogen-bond acceptors (Lipinski definition) is 5. The number of fused-ring (bicyclic) bond motifs is 1. The van der Waals surface area contributed by atoms with Gasteiger partial charge in [0.15, 0.2) is 5.69 Å². The SMILES string of the molecule is CCn1cc(-c2cc(C(F)(F)F)nc(N3CCN4CCC[C@@H]4C3)n2)cn1. The first kappa shape index (κ1) is 17.3. The molecular formula is C17H21F3N6. The molecule has 2 aromatic rings. The fourth-order valence-corrected chi connectivity index (χ4v) is 3.71. The van der Waals surface area contributed by atoms with E-state index in [0.717, 1.165) is 32.0 Å². The Kier molecular flexibility index (Phi) is 4.34. The Morgan fingerprint density at radius 3 is 2.77 bits per heavy atom. The van der Waals surface area contributed by atoms with E-state index in [9.17, 15) is 13.2 Å². The van der Waals surface area contributed by atoms with E-state index in [1.807, 2.05) is 11.8 Å². The van der Waals surface area contributed by atoms with E-state index in [4.69, 9.17) is 0 Å². The molecule has 0 amide bonds. The van der Waals surface area contributed by atoms with Gasteiger partial charge in [-0.25, -0.2) is 9.97 Å². The van der Waals surface area contributed by atoms with Crippen LogP contribution in [0.3, 0.4) is 0 Å². The van der Waals surface area contributed by atoms with Gasteiger partial charge in [0, 0.05) is 44.0 Å². The zero-order valence-corrected chi connectivity index (χ0v) is 14.6. The molecule has 0 unspecified atom stereocenters. The quantitative estimate of drug-likeness (QED) is 0.836. The highest BCUT2D eigenvalue weighted by molar-refractivity contribution is 5.59. The molecular weight excluding hydrogens is 345 g/mol. The molecule has 2 aromatic heterocycles. The number of halogens is 3. The number of alkyl halides is 3. The smallest absolute Gasteiger partial charge is 0.338 e. The number of aromatic nitrogens is 4. The molecule has 0 radical (unpaired) electrons. The highest BCUT2D eigenvalue weighted by Crippen LogP contribution is 2.32. The van der Waals surface area contributed by atoms with Gasteiger partial charge in [-0.15, -0.1) is 0 Å². The lowest BCUT2D eigenvalue weighted by Crippen LogP contribution is -2.50. The van der Waals surface area contributed by atoms with Crippen molar-refractivity contribution in [2.24, 2.45) is 0 Å². The van der Waals surface area contributed by atoms with Gasteiger partial charge in [0.25, 0.3) is 0 Å². The Morgan fingerprint density at radius 1 is 1.19 bits per heavy atom.